The molecule has 0 spiro atoms. The molecule has 2 rings (SSSR count). The maximum absolute atomic E-state index is 11.9. The van der Waals surface area contributed by atoms with Gasteiger partial charge in [0.2, 0.25) is 0 Å². The Morgan fingerprint density at radius 3 is 2.47 bits per heavy atom. The number of benzene rings is 1. The summed E-state index contributed by atoms with van der Waals surface area (Å²) < 4.78 is 0. The molecule has 0 fully saturated rings. The predicted octanol–water partition coefficient (Wildman–Crippen LogP) is 1.15. The van der Waals surface area contributed by atoms with E-state index in [1.807, 2.05) is 0 Å². The number of para-hydroxylation sites is 1. The second kappa shape index (κ2) is 3.27. The molecule has 1 aromatic rings. The number of anilines is 1. The van der Waals surface area contributed by atoms with Gasteiger partial charge < -0.3 is 5.32 Å². The van der Waals surface area contributed by atoms with Gasteiger partial charge in [-0.15, -0.1) is 0 Å². The van der Waals surface area contributed by atoms with Crippen molar-refractivity contribution in [1.82, 2.24) is 10.0 Å². The molecule has 0 radical (unpaired) electrons. The molecule has 0 unspecified atom stereocenters. The number of urea groups is 1. The van der Waals surface area contributed by atoms with Crippen molar-refractivity contribution in [2.45, 2.75) is 0 Å². The fourth-order valence-corrected chi connectivity index (χ4v) is 1.42. The molecule has 5 nitrogen and oxygen atoms in total. The fraction of sp³-hybridized carbons (Fsp3) is 0.200. The molecule has 1 aliphatic heterocycles. The highest BCUT2D eigenvalue weighted by Gasteiger charge is 2.26. The second-order valence-corrected chi connectivity index (χ2v) is 3.33. The SMILES string of the molecule is CN1C(=O)Nc2ccccc2C(=O)N1C. The number of hydrogen-bond acceptors (Lipinski definition) is 2. The molecule has 0 aromatic heterocycles. The van der Waals surface area contributed by atoms with Crippen LogP contribution in [0.4, 0.5) is 10.5 Å². The van der Waals surface area contributed by atoms with Crippen LogP contribution in [0.2, 0.25) is 0 Å². The predicted molar refractivity (Wildman–Crippen MR) is 55.3 cm³/mol. The van der Waals surface area contributed by atoms with Crippen LogP contribution in [-0.2, 0) is 0 Å². The summed E-state index contributed by atoms with van der Waals surface area (Å²) in [6.07, 6.45) is 0. The molecular weight excluding hydrogens is 194 g/mol. The highest BCUT2D eigenvalue weighted by molar-refractivity contribution is 6.06. The third-order valence-corrected chi connectivity index (χ3v) is 2.44. The summed E-state index contributed by atoms with van der Waals surface area (Å²) in [7, 11) is 3.10. The molecule has 5 heteroatoms. The first-order chi connectivity index (χ1) is 7.11. The van der Waals surface area contributed by atoms with Crippen LogP contribution < -0.4 is 5.32 Å². The Balaban J connectivity index is 2.53. The monoisotopic (exact) mass is 205 g/mol. The number of fused-ring (bicyclic) bond motifs is 1. The van der Waals surface area contributed by atoms with Crippen molar-refractivity contribution in [2.24, 2.45) is 0 Å². The Morgan fingerprint density at radius 2 is 1.73 bits per heavy atom. The quantitative estimate of drug-likeness (QED) is 0.690. The standard InChI is InChI=1S/C10H11N3O2/c1-12-9(14)7-5-3-4-6-8(7)11-10(15)13(12)2/h3-6H,1-2H3,(H,11,15). The summed E-state index contributed by atoms with van der Waals surface area (Å²) >= 11 is 0. The van der Waals surface area contributed by atoms with Crippen LogP contribution in [0.15, 0.2) is 24.3 Å². The Hall–Kier alpha value is -2.04. The van der Waals surface area contributed by atoms with Gasteiger partial charge in [-0.1, -0.05) is 12.1 Å². The van der Waals surface area contributed by atoms with Crippen LogP contribution in [0, 0.1) is 0 Å². The normalized spacial score (nSPS) is 15.9. The third kappa shape index (κ3) is 1.41. The van der Waals surface area contributed by atoms with Crippen molar-refractivity contribution in [2.75, 3.05) is 19.4 Å². The van der Waals surface area contributed by atoms with Gasteiger partial charge in [0, 0.05) is 14.1 Å². The van der Waals surface area contributed by atoms with Gasteiger partial charge in [-0.25, -0.2) is 14.8 Å². The van der Waals surface area contributed by atoms with E-state index >= 15 is 0 Å². The molecule has 15 heavy (non-hydrogen) atoms. The van der Waals surface area contributed by atoms with E-state index in [0.717, 1.165) is 0 Å². The number of nitrogens with zero attached hydrogens (tertiary/aromatic N) is 2. The summed E-state index contributed by atoms with van der Waals surface area (Å²) in [4.78, 5) is 23.4. The van der Waals surface area contributed by atoms with Crippen molar-refractivity contribution >= 4 is 17.6 Å². The highest BCUT2D eigenvalue weighted by atomic mass is 16.2. The summed E-state index contributed by atoms with van der Waals surface area (Å²) in [6.45, 7) is 0. The van der Waals surface area contributed by atoms with Crippen molar-refractivity contribution in [3.05, 3.63) is 29.8 Å². The molecule has 0 aliphatic carbocycles. The van der Waals surface area contributed by atoms with E-state index in [9.17, 15) is 9.59 Å². The number of amides is 3. The van der Waals surface area contributed by atoms with E-state index < -0.39 is 0 Å². The number of hydrogen-bond donors (Lipinski definition) is 1. The zero-order valence-corrected chi connectivity index (χ0v) is 8.52. The average molecular weight is 205 g/mol. The molecule has 0 saturated carbocycles. The highest BCUT2D eigenvalue weighted by Crippen LogP contribution is 2.20. The topological polar surface area (TPSA) is 52.7 Å². The van der Waals surface area contributed by atoms with E-state index in [1.54, 1.807) is 38.4 Å². The maximum atomic E-state index is 11.9. The lowest BCUT2D eigenvalue weighted by Gasteiger charge is -2.24. The molecule has 3 amide bonds. The third-order valence-electron chi connectivity index (χ3n) is 2.44. The lowest BCUT2D eigenvalue weighted by Crippen LogP contribution is -2.44. The Morgan fingerprint density at radius 1 is 1.07 bits per heavy atom. The minimum Gasteiger partial charge on any atom is -0.306 e. The van der Waals surface area contributed by atoms with Crippen LogP contribution in [0.25, 0.3) is 0 Å². The van der Waals surface area contributed by atoms with Crippen molar-refractivity contribution in [3.63, 3.8) is 0 Å². The molecule has 1 N–H and O–H groups in total. The molecule has 1 aliphatic rings. The van der Waals surface area contributed by atoms with Crippen molar-refractivity contribution < 1.29 is 9.59 Å². The minimum absolute atomic E-state index is 0.202. The second-order valence-electron chi connectivity index (χ2n) is 3.33. The van der Waals surface area contributed by atoms with Crippen LogP contribution in [0.3, 0.4) is 0 Å². The first kappa shape index (κ1) is 9.51. The maximum Gasteiger partial charge on any atom is 0.340 e. The van der Waals surface area contributed by atoms with E-state index in [1.165, 1.54) is 10.0 Å². The van der Waals surface area contributed by atoms with Gasteiger partial charge in [-0.3, -0.25) is 4.79 Å². The zero-order chi connectivity index (χ0) is 11.0. The number of rotatable bonds is 0. The number of carbonyl (C=O) groups is 2. The molecular formula is C10H11N3O2. The van der Waals surface area contributed by atoms with Gasteiger partial charge in [-0.2, -0.15) is 0 Å². The zero-order valence-electron chi connectivity index (χ0n) is 8.52. The first-order valence-electron chi connectivity index (χ1n) is 4.53. The Labute approximate surface area is 87.2 Å². The van der Waals surface area contributed by atoms with E-state index in [0.29, 0.717) is 11.3 Å². The number of hydrazine groups is 1. The first-order valence-corrected chi connectivity index (χ1v) is 4.53. The molecule has 0 atom stereocenters. The average Bonchev–Trinajstić information content (AvgIpc) is 2.32. The van der Waals surface area contributed by atoms with Gasteiger partial charge in [-0.05, 0) is 12.1 Å². The minimum atomic E-state index is -0.323. The van der Waals surface area contributed by atoms with Gasteiger partial charge in [0.05, 0.1) is 11.3 Å². The van der Waals surface area contributed by atoms with E-state index in [2.05, 4.69) is 5.32 Å². The molecule has 0 bridgehead atoms. The molecule has 1 heterocycles. The molecule has 0 saturated heterocycles. The number of carbonyl (C=O) groups excluding carboxylic acids is 2. The summed E-state index contributed by atoms with van der Waals surface area (Å²) in [6, 6.07) is 6.61. The van der Waals surface area contributed by atoms with Crippen LogP contribution >= 0.6 is 0 Å². The van der Waals surface area contributed by atoms with Gasteiger partial charge in [0.15, 0.2) is 0 Å². The van der Waals surface area contributed by atoms with Gasteiger partial charge >= 0.3 is 6.03 Å². The van der Waals surface area contributed by atoms with Crippen molar-refractivity contribution in [1.29, 1.82) is 0 Å². The van der Waals surface area contributed by atoms with Crippen LogP contribution in [-0.4, -0.2) is 36.1 Å². The van der Waals surface area contributed by atoms with E-state index in [-0.39, 0.29) is 11.9 Å². The van der Waals surface area contributed by atoms with Gasteiger partial charge in [0.25, 0.3) is 5.91 Å². The fourth-order valence-electron chi connectivity index (χ4n) is 1.42. The lowest BCUT2D eigenvalue weighted by atomic mass is 10.1. The summed E-state index contributed by atoms with van der Waals surface area (Å²) in [5.74, 6) is -0.202. The lowest BCUT2D eigenvalue weighted by molar-refractivity contribution is 0.0417. The Kier molecular flexibility index (Phi) is 2.07. The summed E-state index contributed by atoms with van der Waals surface area (Å²) in [5.41, 5.74) is 1.04. The Bertz CT molecular complexity index is 430. The number of nitrogens with one attached hydrogen (secondary N) is 1. The summed E-state index contributed by atoms with van der Waals surface area (Å²) in [5, 5.41) is 5.17. The van der Waals surface area contributed by atoms with Crippen LogP contribution in [0.5, 0.6) is 0 Å². The van der Waals surface area contributed by atoms with Crippen molar-refractivity contribution in [3.8, 4) is 0 Å². The largest absolute Gasteiger partial charge is 0.340 e. The molecule has 1 aromatic carbocycles. The van der Waals surface area contributed by atoms with Gasteiger partial charge in [0.1, 0.15) is 0 Å². The van der Waals surface area contributed by atoms with Crippen LogP contribution in [0.1, 0.15) is 10.4 Å². The smallest absolute Gasteiger partial charge is 0.306 e. The molecule has 78 valence electrons. The van der Waals surface area contributed by atoms with E-state index in [4.69, 9.17) is 0 Å².